The fourth-order valence-electron chi connectivity index (χ4n) is 1.87. The van der Waals surface area contributed by atoms with Crippen LogP contribution in [-0.2, 0) is 0 Å². The minimum absolute atomic E-state index is 0.263. The van der Waals surface area contributed by atoms with E-state index in [-0.39, 0.29) is 10.6 Å². The average molecular weight is 275 g/mol. The van der Waals surface area contributed by atoms with Crippen molar-refractivity contribution in [2.45, 2.75) is 0 Å². The summed E-state index contributed by atoms with van der Waals surface area (Å²) in [6.07, 6.45) is 0. The first-order valence-electron chi connectivity index (χ1n) is 5.62. The number of nitrogens with zero attached hydrogens (tertiary/aromatic N) is 2. The number of carbonyl (C=O) groups is 1. The van der Waals surface area contributed by atoms with E-state index in [1.54, 1.807) is 0 Å². The Balaban J connectivity index is 2.21. The number of benzene rings is 1. The Hall–Kier alpha value is -1.20. The van der Waals surface area contributed by atoms with E-state index in [1.807, 2.05) is 7.05 Å². The molecule has 18 heavy (non-hydrogen) atoms. The van der Waals surface area contributed by atoms with Crippen LogP contribution in [0.15, 0.2) is 12.1 Å². The molecule has 98 valence electrons. The first-order chi connectivity index (χ1) is 8.50. The molecule has 0 atom stereocenters. The maximum Gasteiger partial charge on any atom is 0.257 e. The van der Waals surface area contributed by atoms with Crippen LogP contribution in [0.1, 0.15) is 10.4 Å². The summed E-state index contributed by atoms with van der Waals surface area (Å²) in [4.78, 5) is 15.6. The van der Waals surface area contributed by atoms with Crippen LogP contribution in [0.5, 0.6) is 0 Å². The number of amides is 1. The van der Waals surface area contributed by atoms with Crippen LogP contribution in [0.3, 0.4) is 0 Å². The lowest BCUT2D eigenvalue weighted by molar-refractivity contribution is 0.0658. The Labute approximate surface area is 109 Å². The third-order valence-electron chi connectivity index (χ3n) is 3.06. The van der Waals surface area contributed by atoms with Gasteiger partial charge in [-0.25, -0.2) is 8.78 Å². The maximum absolute atomic E-state index is 13.6. The van der Waals surface area contributed by atoms with Gasteiger partial charge in [-0.1, -0.05) is 11.6 Å². The Morgan fingerprint density at radius 3 is 2.39 bits per heavy atom. The number of carbonyl (C=O) groups excluding carboxylic acids is 1. The predicted octanol–water partition coefficient (Wildman–Crippen LogP) is 2.01. The molecule has 1 aliphatic heterocycles. The number of rotatable bonds is 1. The summed E-state index contributed by atoms with van der Waals surface area (Å²) in [7, 11) is 1.95. The second-order valence-corrected chi connectivity index (χ2v) is 4.73. The molecule has 1 aromatic rings. The van der Waals surface area contributed by atoms with Crippen LogP contribution in [0.4, 0.5) is 8.78 Å². The van der Waals surface area contributed by atoms with Gasteiger partial charge in [0.25, 0.3) is 5.91 Å². The second-order valence-electron chi connectivity index (χ2n) is 4.32. The zero-order valence-corrected chi connectivity index (χ0v) is 10.7. The maximum atomic E-state index is 13.6. The van der Waals surface area contributed by atoms with Gasteiger partial charge in [-0.2, -0.15) is 0 Å². The highest BCUT2D eigenvalue weighted by Crippen LogP contribution is 2.21. The van der Waals surface area contributed by atoms with Crippen molar-refractivity contribution in [1.82, 2.24) is 9.80 Å². The number of hydrogen-bond donors (Lipinski definition) is 0. The average Bonchev–Trinajstić information content (AvgIpc) is 2.36. The number of likely N-dealkylation sites (N-methyl/N-ethyl adjacent to an activating group) is 1. The molecule has 2 rings (SSSR count). The predicted molar refractivity (Wildman–Crippen MR) is 64.8 cm³/mol. The van der Waals surface area contributed by atoms with E-state index in [2.05, 4.69) is 4.90 Å². The van der Waals surface area contributed by atoms with Crippen molar-refractivity contribution in [1.29, 1.82) is 0 Å². The molecule has 0 aliphatic carbocycles. The molecule has 1 fully saturated rings. The Kier molecular flexibility index (Phi) is 3.82. The van der Waals surface area contributed by atoms with Crippen LogP contribution in [0.25, 0.3) is 0 Å². The molecular formula is C12H13ClF2N2O. The summed E-state index contributed by atoms with van der Waals surface area (Å²) < 4.78 is 26.9. The lowest BCUT2D eigenvalue weighted by Crippen LogP contribution is -2.47. The van der Waals surface area contributed by atoms with Crippen molar-refractivity contribution in [3.05, 3.63) is 34.4 Å². The van der Waals surface area contributed by atoms with Gasteiger partial charge in [0.1, 0.15) is 0 Å². The van der Waals surface area contributed by atoms with Gasteiger partial charge < -0.3 is 9.80 Å². The summed E-state index contributed by atoms with van der Waals surface area (Å²) in [6.45, 7) is 2.48. The Morgan fingerprint density at radius 2 is 1.78 bits per heavy atom. The van der Waals surface area contributed by atoms with Gasteiger partial charge in [-0.3, -0.25) is 4.79 Å². The minimum atomic E-state index is -1.17. The molecule has 0 bridgehead atoms. The second kappa shape index (κ2) is 5.20. The van der Waals surface area contributed by atoms with Gasteiger partial charge in [-0.15, -0.1) is 0 Å². The minimum Gasteiger partial charge on any atom is -0.336 e. The molecule has 3 nitrogen and oxygen atoms in total. The van der Waals surface area contributed by atoms with Crippen LogP contribution in [-0.4, -0.2) is 48.9 Å². The molecule has 1 aliphatic rings. The van der Waals surface area contributed by atoms with Gasteiger partial charge in [0.05, 0.1) is 10.6 Å². The normalized spacial score (nSPS) is 17.0. The highest BCUT2D eigenvalue weighted by atomic mass is 35.5. The number of hydrogen-bond acceptors (Lipinski definition) is 2. The SMILES string of the molecule is CN1CCN(C(=O)c2ccc(Cl)c(F)c2F)CC1. The molecule has 1 heterocycles. The third kappa shape index (κ3) is 2.47. The van der Waals surface area contributed by atoms with Crippen LogP contribution < -0.4 is 0 Å². The van der Waals surface area contributed by atoms with E-state index < -0.39 is 17.5 Å². The molecule has 1 saturated heterocycles. The summed E-state index contributed by atoms with van der Waals surface area (Å²) in [5.41, 5.74) is -0.263. The molecule has 0 N–H and O–H groups in total. The molecule has 6 heteroatoms. The smallest absolute Gasteiger partial charge is 0.257 e. The standard InChI is InChI=1S/C12H13ClF2N2O/c1-16-4-6-17(7-5-16)12(18)8-2-3-9(13)11(15)10(8)14/h2-3H,4-7H2,1H3. The van der Waals surface area contributed by atoms with Crippen molar-refractivity contribution in [3.8, 4) is 0 Å². The van der Waals surface area contributed by atoms with Gasteiger partial charge in [0.15, 0.2) is 11.6 Å². The number of piperazine rings is 1. The Bertz CT molecular complexity index is 473. The first kappa shape index (κ1) is 13.2. The van der Waals surface area contributed by atoms with E-state index in [4.69, 9.17) is 11.6 Å². The molecule has 1 aromatic carbocycles. The van der Waals surface area contributed by atoms with Gasteiger partial charge in [-0.05, 0) is 19.2 Å². The summed E-state index contributed by atoms with van der Waals surface area (Å²) in [6, 6.07) is 2.42. The number of halogens is 3. The third-order valence-corrected chi connectivity index (χ3v) is 3.35. The highest BCUT2D eigenvalue weighted by Gasteiger charge is 2.24. The van der Waals surface area contributed by atoms with Crippen LogP contribution >= 0.6 is 11.6 Å². The topological polar surface area (TPSA) is 23.6 Å². The van der Waals surface area contributed by atoms with Gasteiger partial charge in [0, 0.05) is 26.2 Å². The van der Waals surface area contributed by atoms with Crippen LogP contribution in [0, 0.1) is 11.6 Å². The fourth-order valence-corrected chi connectivity index (χ4v) is 2.02. The first-order valence-corrected chi connectivity index (χ1v) is 6.00. The molecule has 0 saturated carbocycles. The van der Waals surface area contributed by atoms with E-state index in [9.17, 15) is 13.6 Å². The molecule has 0 spiro atoms. The lowest BCUT2D eigenvalue weighted by Gasteiger charge is -2.32. The van der Waals surface area contributed by atoms with E-state index in [0.717, 1.165) is 13.1 Å². The summed E-state index contributed by atoms with van der Waals surface area (Å²) in [5.74, 6) is -2.83. The molecule has 0 aromatic heterocycles. The lowest BCUT2D eigenvalue weighted by atomic mass is 10.1. The van der Waals surface area contributed by atoms with E-state index >= 15 is 0 Å². The quantitative estimate of drug-likeness (QED) is 0.732. The monoisotopic (exact) mass is 274 g/mol. The molecule has 0 radical (unpaired) electrons. The molecular weight excluding hydrogens is 262 g/mol. The van der Waals surface area contributed by atoms with E-state index in [1.165, 1.54) is 17.0 Å². The highest BCUT2D eigenvalue weighted by molar-refractivity contribution is 6.30. The zero-order chi connectivity index (χ0) is 13.3. The molecule has 1 amide bonds. The van der Waals surface area contributed by atoms with Crippen molar-refractivity contribution in [2.75, 3.05) is 33.2 Å². The fraction of sp³-hybridized carbons (Fsp3) is 0.417. The van der Waals surface area contributed by atoms with E-state index in [0.29, 0.717) is 13.1 Å². The molecule has 0 unspecified atom stereocenters. The summed E-state index contributed by atoms with van der Waals surface area (Å²) in [5, 5.41) is -0.317. The van der Waals surface area contributed by atoms with Gasteiger partial charge >= 0.3 is 0 Å². The van der Waals surface area contributed by atoms with Gasteiger partial charge in [0.2, 0.25) is 0 Å². The zero-order valence-electron chi connectivity index (χ0n) is 9.92. The van der Waals surface area contributed by atoms with Crippen molar-refractivity contribution >= 4 is 17.5 Å². The largest absolute Gasteiger partial charge is 0.336 e. The van der Waals surface area contributed by atoms with Crippen molar-refractivity contribution in [2.24, 2.45) is 0 Å². The van der Waals surface area contributed by atoms with Crippen LogP contribution in [0.2, 0.25) is 5.02 Å². The van der Waals surface area contributed by atoms with Crippen molar-refractivity contribution < 1.29 is 13.6 Å². The summed E-state index contributed by atoms with van der Waals surface area (Å²) >= 11 is 5.45. The Morgan fingerprint density at radius 1 is 1.17 bits per heavy atom. The van der Waals surface area contributed by atoms with Crippen molar-refractivity contribution in [3.63, 3.8) is 0 Å².